The minimum absolute atomic E-state index is 0.194. The van der Waals surface area contributed by atoms with E-state index >= 15 is 0 Å². The lowest BCUT2D eigenvalue weighted by atomic mass is 10.1. The lowest BCUT2D eigenvalue weighted by molar-refractivity contribution is -0.286. The van der Waals surface area contributed by atoms with Gasteiger partial charge in [-0.2, -0.15) is 0 Å². The quantitative estimate of drug-likeness (QED) is 0.280. The third-order valence-corrected chi connectivity index (χ3v) is 1.97. The van der Waals surface area contributed by atoms with Crippen molar-refractivity contribution in [2.45, 2.75) is 26.7 Å². The van der Waals surface area contributed by atoms with Crippen molar-refractivity contribution < 1.29 is 23.7 Å². The number of hydrogen-bond donors (Lipinski definition) is 0. The normalized spacial score (nSPS) is 13.6. The standard InChI is InChI=1S/C11H19FO4/c1-4-15-16-8-10(12)7-5-6-9(2)11(13)14-3/h7,9H,4-6,8H2,1-3H3/b10-7+. The molecule has 0 aliphatic heterocycles. The second-order valence-corrected chi connectivity index (χ2v) is 3.32. The van der Waals surface area contributed by atoms with Gasteiger partial charge < -0.3 is 4.74 Å². The Morgan fingerprint density at radius 2 is 2.12 bits per heavy atom. The van der Waals surface area contributed by atoms with Gasteiger partial charge in [0.1, 0.15) is 12.4 Å². The molecule has 0 aliphatic rings. The van der Waals surface area contributed by atoms with Crippen LogP contribution in [0.4, 0.5) is 4.39 Å². The first-order valence-corrected chi connectivity index (χ1v) is 5.28. The van der Waals surface area contributed by atoms with Crippen LogP contribution in [0.2, 0.25) is 0 Å². The predicted molar refractivity (Wildman–Crippen MR) is 57.2 cm³/mol. The molecule has 1 unspecified atom stereocenters. The number of halogens is 1. The molecule has 16 heavy (non-hydrogen) atoms. The maximum absolute atomic E-state index is 13.0. The van der Waals surface area contributed by atoms with Crippen LogP contribution in [0, 0.1) is 5.92 Å². The second kappa shape index (κ2) is 9.30. The molecule has 1 atom stereocenters. The van der Waals surface area contributed by atoms with Gasteiger partial charge in [-0.15, -0.1) is 0 Å². The van der Waals surface area contributed by atoms with Gasteiger partial charge in [-0.25, -0.2) is 14.2 Å². The summed E-state index contributed by atoms with van der Waals surface area (Å²) in [5.41, 5.74) is 0. The molecule has 0 fully saturated rings. The zero-order valence-electron chi connectivity index (χ0n) is 9.99. The van der Waals surface area contributed by atoms with Crippen molar-refractivity contribution in [3.63, 3.8) is 0 Å². The average molecular weight is 234 g/mol. The highest BCUT2D eigenvalue weighted by atomic mass is 19.1. The largest absolute Gasteiger partial charge is 0.469 e. The number of methoxy groups -OCH3 is 1. The highest BCUT2D eigenvalue weighted by Crippen LogP contribution is 2.10. The molecule has 0 N–H and O–H groups in total. The summed E-state index contributed by atoms with van der Waals surface area (Å²) in [4.78, 5) is 20.1. The van der Waals surface area contributed by atoms with Crippen LogP contribution in [0.25, 0.3) is 0 Å². The second-order valence-electron chi connectivity index (χ2n) is 3.32. The Kier molecular flexibility index (Phi) is 8.75. The van der Waals surface area contributed by atoms with Gasteiger partial charge in [0.15, 0.2) is 0 Å². The Balaban J connectivity index is 3.69. The number of carbonyl (C=O) groups is 1. The van der Waals surface area contributed by atoms with Crippen molar-refractivity contribution in [3.8, 4) is 0 Å². The van der Waals surface area contributed by atoms with E-state index < -0.39 is 5.83 Å². The molecule has 0 saturated heterocycles. The molecule has 0 aromatic rings. The first-order chi connectivity index (χ1) is 7.61. The van der Waals surface area contributed by atoms with E-state index in [1.807, 2.05) is 0 Å². The molecule has 4 nitrogen and oxygen atoms in total. The fourth-order valence-corrected chi connectivity index (χ4v) is 1.05. The van der Waals surface area contributed by atoms with Gasteiger partial charge in [0, 0.05) is 0 Å². The Morgan fingerprint density at radius 3 is 2.69 bits per heavy atom. The maximum Gasteiger partial charge on any atom is 0.308 e. The third kappa shape index (κ3) is 7.36. The Hall–Kier alpha value is -0.940. The van der Waals surface area contributed by atoms with E-state index in [0.717, 1.165) is 0 Å². The van der Waals surface area contributed by atoms with Gasteiger partial charge in [0.2, 0.25) is 0 Å². The summed E-state index contributed by atoms with van der Waals surface area (Å²) in [7, 11) is 1.34. The Labute approximate surface area is 95.3 Å². The van der Waals surface area contributed by atoms with E-state index in [0.29, 0.717) is 19.4 Å². The topological polar surface area (TPSA) is 44.8 Å². The number of ether oxygens (including phenoxy) is 1. The molecule has 0 saturated carbocycles. The summed E-state index contributed by atoms with van der Waals surface area (Å²) in [6.07, 6.45) is 2.41. The molecule has 0 aliphatic carbocycles. The van der Waals surface area contributed by atoms with Crippen LogP contribution in [0.1, 0.15) is 26.7 Å². The van der Waals surface area contributed by atoms with Crippen molar-refractivity contribution in [3.05, 3.63) is 11.9 Å². The lowest BCUT2D eigenvalue weighted by Crippen LogP contribution is -2.12. The highest BCUT2D eigenvalue weighted by Gasteiger charge is 2.11. The van der Waals surface area contributed by atoms with Gasteiger partial charge >= 0.3 is 5.97 Å². The van der Waals surface area contributed by atoms with Gasteiger partial charge in [-0.1, -0.05) is 13.0 Å². The fourth-order valence-electron chi connectivity index (χ4n) is 1.05. The van der Waals surface area contributed by atoms with Crippen molar-refractivity contribution >= 4 is 5.97 Å². The molecule has 0 spiro atoms. The van der Waals surface area contributed by atoms with E-state index in [-0.39, 0.29) is 18.5 Å². The number of carbonyl (C=O) groups excluding carboxylic acids is 1. The number of rotatable bonds is 8. The van der Waals surface area contributed by atoms with E-state index in [2.05, 4.69) is 14.5 Å². The fraction of sp³-hybridized carbons (Fsp3) is 0.727. The molecule has 0 aromatic heterocycles. The molecule has 5 heteroatoms. The van der Waals surface area contributed by atoms with Crippen molar-refractivity contribution in [1.29, 1.82) is 0 Å². The van der Waals surface area contributed by atoms with E-state index in [1.54, 1.807) is 13.8 Å². The van der Waals surface area contributed by atoms with Crippen molar-refractivity contribution in [1.82, 2.24) is 0 Å². The molecular weight excluding hydrogens is 215 g/mol. The van der Waals surface area contributed by atoms with E-state index in [4.69, 9.17) is 0 Å². The number of esters is 1. The molecule has 0 rings (SSSR count). The van der Waals surface area contributed by atoms with E-state index in [1.165, 1.54) is 13.2 Å². The Morgan fingerprint density at radius 1 is 1.44 bits per heavy atom. The summed E-state index contributed by atoms with van der Waals surface area (Å²) in [6.45, 7) is 3.68. The molecule has 94 valence electrons. The molecule has 0 bridgehead atoms. The predicted octanol–water partition coefficient (Wildman–Crippen LogP) is 2.40. The minimum atomic E-state index is -0.398. The van der Waals surface area contributed by atoms with Crippen molar-refractivity contribution in [2.24, 2.45) is 5.92 Å². The molecule has 0 radical (unpaired) electrons. The summed E-state index contributed by atoms with van der Waals surface area (Å²) in [5, 5.41) is 0. The SMILES string of the molecule is CCOOC/C(F)=C\CCC(C)C(=O)OC. The summed E-state index contributed by atoms with van der Waals surface area (Å²) in [6, 6.07) is 0. The lowest BCUT2D eigenvalue weighted by Gasteiger charge is -2.06. The average Bonchev–Trinajstić information content (AvgIpc) is 2.28. The summed E-state index contributed by atoms with van der Waals surface area (Å²) < 4.78 is 17.6. The van der Waals surface area contributed by atoms with Crippen LogP contribution in [-0.2, 0) is 19.3 Å². The highest BCUT2D eigenvalue weighted by molar-refractivity contribution is 5.71. The van der Waals surface area contributed by atoms with Crippen LogP contribution in [0.5, 0.6) is 0 Å². The third-order valence-electron chi connectivity index (χ3n) is 1.97. The van der Waals surface area contributed by atoms with Gasteiger partial charge in [0.05, 0.1) is 19.6 Å². The zero-order valence-corrected chi connectivity index (χ0v) is 9.99. The first kappa shape index (κ1) is 15.1. The van der Waals surface area contributed by atoms with Crippen LogP contribution in [0.3, 0.4) is 0 Å². The van der Waals surface area contributed by atoms with Gasteiger partial charge in [-0.05, 0) is 19.8 Å². The van der Waals surface area contributed by atoms with Gasteiger partial charge in [0.25, 0.3) is 0 Å². The molecule has 0 aromatic carbocycles. The van der Waals surface area contributed by atoms with Crippen LogP contribution in [-0.4, -0.2) is 26.3 Å². The van der Waals surface area contributed by atoms with Crippen LogP contribution in [0.15, 0.2) is 11.9 Å². The summed E-state index contributed by atoms with van der Waals surface area (Å²) in [5.74, 6) is -0.897. The number of hydrogen-bond acceptors (Lipinski definition) is 4. The molecule has 0 amide bonds. The molecule has 0 heterocycles. The minimum Gasteiger partial charge on any atom is -0.469 e. The summed E-state index contributed by atoms with van der Waals surface area (Å²) >= 11 is 0. The Bertz CT molecular complexity index is 228. The monoisotopic (exact) mass is 234 g/mol. The number of allylic oxidation sites excluding steroid dienone is 1. The maximum atomic E-state index is 13.0. The van der Waals surface area contributed by atoms with Crippen molar-refractivity contribution in [2.75, 3.05) is 20.3 Å². The van der Waals surface area contributed by atoms with E-state index in [9.17, 15) is 9.18 Å². The zero-order chi connectivity index (χ0) is 12.4. The van der Waals surface area contributed by atoms with Gasteiger partial charge in [-0.3, -0.25) is 4.79 Å². The molecular formula is C11H19FO4. The van der Waals surface area contributed by atoms with Crippen LogP contribution < -0.4 is 0 Å². The first-order valence-electron chi connectivity index (χ1n) is 5.28. The van der Waals surface area contributed by atoms with Crippen LogP contribution >= 0.6 is 0 Å². The smallest absolute Gasteiger partial charge is 0.308 e.